The van der Waals surface area contributed by atoms with Gasteiger partial charge < -0.3 is 5.11 Å². The minimum Gasteiger partial charge on any atom is -0.400 e. The van der Waals surface area contributed by atoms with Gasteiger partial charge in [0.2, 0.25) is 0 Å². The predicted molar refractivity (Wildman–Crippen MR) is 48.4 cm³/mol. The third-order valence-electron chi connectivity index (χ3n) is 1.87. The van der Waals surface area contributed by atoms with Crippen LogP contribution in [0.25, 0.3) is 0 Å². The lowest BCUT2D eigenvalue weighted by Crippen LogP contribution is -2.21. The molecule has 0 spiro atoms. The molecule has 0 amide bonds. The lowest BCUT2D eigenvalue weighted by atomic mass is 10.1. The second kappa shape index (κ2) is 3.69. The molecule has 0 unspecified atom stereocenters. The van der Waals surface area contributed by atoms with Crippen LogP contribution in [0.4, 0.5) is 0 Å². The molecule has 1 nitrogen and oxygen atoms in total. The van der Waals surface area contributed by atoms with Crippen LogP contribution < -0.4 is 5.19 Å². The van der Waals surface area contributed by atoms with Crippen LogP contribution in [0.1, 0.15) is 11.1 Å². The summed E-state index contributed by atoms with van der Waals surface area (Å²) in [6, 6.07) is 6.22. The van der Waals surface area contributed by atoms with E-state index in [0.29, 0.717) is 9.52 Å². The maximum Gasteiger partial charge on any atom is 0.114 e. The Morgan fingerprint density at radius 3 is 2.73 bits per heavy atom. The summed E-state index contributed by atoms with van der Waals surface area (Å²) in [4.78, 5) is 0. The largest absolute Gasteiger partial charge is 0.400 e. The highest BCUT2D eigenvalue weighted by Gasteiger charge is 1.99. The number of aliphatic hydroxyl groups excluding tert-OH is 1. The highest BCUT2D eigenvalue weighted by molar-refractivity contribution is 6.53. The summed E-state index contributed by atoms with van der Waals surface area (Å²) >= 11 is 0. The average Bonchev–Trinajstić information content (AvgIpc) is 1.99. The van der Waals surface area contributed by atoms with Crippen LogP contribution in [0.3, 0.4) is 0 Å². The Balaban J connectivity index is 2.96. The van der Waals surface area contributed by atoms with E-state index in [1.165, 1.54) is 16.3 Å². The number of aliphatic hydroxyl groups is 1. The van der Waals surface area contributed by atoms with Crippen molar-refractivity contribution in [2.24, 2.45) is 0 Å². The van der Waals surface area contributed by atoms with E-state index in [9.17, 15) is 0 Å². The molecule has 0 saturated heterocycles. The highest BCUT2D eigenvalue weighted by Crippen LogP contribution is 2.01. The monoisotopic (exact) mass is 164 g/mol. The van der Waals surface area contributed by atoms with Crippen molar-refractivity contribution in [2.45, 2.75) is 13.8 Å². The molecule has 0 aliphatic heterocycles. The minimum absolute atomic E-state index is 0.268. The molecular weight excluding hydrogens is 152 g/mol. The van der Waals surface area contributed by atoms with E-state index in [1.54, 1.807) is 0 Å². The average molecular weight is 164 g/mol. The summed E-state index contributed by atoms with van der Waals surface area (Å²) in [5.74, 6) is 0. The normalized spacial score (nSPS) is 10.1. The van der Waals surface area contributed by atoms with Crippen molar-refractivity contribution in [3.05, 3.63) is 29.3 Å². The van der Waals surface area contributed by atoms with Crippen molar-refractivity contribution >= 4 is 14.7 Å². The van der Waals surface area contributed by atoms with Gasteiger partial charge in [0.05, 0.1) is 0 Å². The van der Waals surface area contributed by atoms with E-state index < -0.39 is 0 Å². The number of hydrogen-bond acceptors (Lipinski definition) is 1. The summed E-state index contributed by atoms with van der Waals surface area (Å²) in [6.07, 6.45) is 0.268. The van der Waals surface area contributed by atoms with Crippen molar-refractivity contribution in [1.82, 2.24) is 0 Å². The summed E-state index contributed by atoms with van der Waals surface area (Å²) in [5, 5.41) is 10.0. The number of hydrogen-bond donors (Lipinski definition) is 1. The summed E-state index contributed by atoms with van der Waals surface area (Å²) in [6.45, 7) is 4.20. The van der Waals surface area contributed by atoms with Gasteiger partial charge in [-0.2, -0.15) is 0 Å². The standard InChI is InChI=1S/C9H12OSi/c1-7-4-3-5-9(8(7)2)11-6-10/h3-5,10H,6H2,1-2H3. The van der Waals surface area contributed by atoms with E-state index in [2.05, 4.69) is 26.0 Å². The van der Waals surface area contributed by atoms with Gasteiger partial charge in [-0.3, -0.25) is 0 Å². The molecule has 58 valence electrons. The van der Waals surface area contributed by atoms with E-state index in [4.69, 9.17) is 5.11 Å². The third-order valence-corrected chi connectivity index (χ3v) is 2.95. The SMILES string of the molecule is Cc1cccc([Si]CO)c1C. The Hall–Kier alpha value is -0.603. The van der Waals surface area contributed by atoms with E-state index in [0.717, 1.165) is 0 Å². The van der Waals surface area contributed by atoms with Gasteiger partial charge in [-0.1, -0.05) is 23.4 Å². The van der Waals surface area contributed by atoms with Gasteiger partial charge in [0.15, 0.2) is 0 Å². The Kier molecular flexibility index (Phi) is 2.85. The van der Waals surface area contributed by atoms with Gasteiger partial charge >= 0.3 is 0 Å². The molecule has 0 saturated carbocycles. The molecule has 0 aromatic heterocycles. The quantitative estimate of drug-likeness (QED) is 0.634. The molecule has 1 rings (SSSR count). The predicted octanol–water partition coefficient (Wildman–Crippen LogP) is 0.583. The zero-order valence-electron chi connectivity index (χ0n) is 6.89. The first-order valence-electron chi connectivity index (χ1n) is 3.66. The summed E-state index contributed by atoms with van der Waals surface area (Å²) in [7, 11) is 0.538. The van der Waals surface area contributed by atoms with Crippen LogP contribution in [0.2, 0.25) is 0 Å². The molecule has 1 aromatic rings. The van der Waals surface area contributed by atoms with E-state index >= 15 is 0 Å². The Morgan fingerprint density at radius 1 is 1.36 bits per heavy atom. The van der Waals surface area contributed by atoms with Crippen molar-refractivity contribution in [3.63, 3.8) is 0 Å². The van der Waals surface area contributed by atoms with Gasteiger partial charge in [-0.05, 0) is 25.0 Å². The van der Waals surface area contributed by atoms with Gasteiger partial charge in [-0.15, -0.1) is 0 Å². The second-order valence-corrected chi connectivity index (χ2v) is 3.79. The lowest BCUT2D eigenvalue weighted by molar-refractivity contribution is 0.367. The Labute approximate surface area is 69.9 Å². The van der Waals surface area contributed by atoms with Crippen molar-refractivity contribution in [2.75, 3.05) is 6.23 Å². The molecule has 1 aromatic carbocycles. The topological polar surface area (TPSA) is 20.2 Å². The fourth-order valence-electron chi connectivity index (χ4n) is 1.03. The molecule has 1 N–H and O–H groups in total. The second-order valence-electron chi connectivity index (χ2n) is 2.58. The first-order valence-corrected chi connectivity index (χ1v) is 4.87. The first kappa shape index (κ1) is 8.49. The van der Waals surface area contributed by atoms with E-state index in [-0.39, 0.29) is 6.23 Å². The molecule has 0 aliphatic rings. The van der Waals surface area contributed by atoms with Crippen LogP contribution in [0, 0.1) is 13.8 Å². The fraction of sp³-hybridized carbons (Fsp3) is 0.333. The van der Waals surface area contributed by atoms with Gasteiger partial charge in [0, 0.05) is 6.23 Å². The van der Waals surface area contributed by atoms with Gasteiger partial charge in [0.1, 0.15) is 9.52 Å². The van der Waals surface area contributed by atoms with Gasteiger partial charge in [0.25, 0.3) is 0 Å². The fourth-order valence-corrected chi connectivity index (χ4v) is 1.87. The van der Waals surface area contributed by atoms with Crippen molar-refractivity contribution in [3.8, 4) is 0 Å². The molecule has 11 heavy (non-hydrogen) atoms. The number of rotatable bonds is 2. The molecule has 2 heteroatoms. The molecule has 2 radical (unpaired) electrons. The first-order chi connectivity index (χ1) is 5.25. The lowest BCUT2D eigenvalue weighted by Gasteiger charge is -2.04. The van der Waals surface area contributed by atoms with Gasteiger partial charge in [-0.25, -0.2) is 0 Å². The molecule has 0 heterocycles. The molecule has 0 aliphatic carbocycles. The third kappa shape index (κ3) is 1.91. The van der Waals surface area contributed by atoms with Crippen molar-refractivity contribution in [1.29, 1.82) is 0 Å². The van der Waals surface area contributed by atoms with Crippen LogP contribution >= 0.6 is 0 Å². The molecule has 0 bridgehead atoms. The summed E-state index contributed by atoms with van der Waals surface area (Å²) < 4.78 is 0. The van der Waals surface area contributed by atoms with Crippen LogP contribution in [-0.2, 0) is 0 Å². The molecular formula is C9H12OSi. The van der Waals surface area contributed by atoms with Crippen LogP contribution in [-0.4, -0.2) is 20.9 Å². The van der Waals surface area contributed by atoms with Crippen LogP contribution in [0.15, 0.2) is 18.2 Å². The Morgan fingerprint density at radius 2 is 2.09 bits per heavy atom. The molecule has 0 fully saturated rings. The zero-order valence-corrected chi connectivity index (χ0v) is 7.89. The van der Waals surface area contributed by atoms with E-state index in [1.807, 2.05) is 6.07 Å². The summed E-state index contributed by atoms with van der Waals surface area (Å²) in [5.41, 5.74) is 2.63. The van der Waals surface area contributed by atoms with Crippen molar-refractivity contribution < 1.29 is 5.11 Å². The number of aryl methyl sites for hydroxylation is 1. The number of benzene rings is 1. The smallest absolute Gasteiger partial charge is 0.114 e. The maximum atomic E-state index is 8.75. The van der Waals surface area contributed by atoms with Crippen LogP contribution in [0.5, 0.6) is 0 Å². The highest BCUT2D eigenvalue weighted by atomic mass is 28.2. The maximum absolute atomic E-state index is 8.75. The Bertz CT molecular complexity index is 245. The minimum atomic E-state index is 0.268. The molecule has 0 atom stereocenters. The zero-order chi connectivity index (χ0) is 8.27.